The summed E-state index contributed by atoms with van der Waals surface area (Å²) in [4.78, 5) is 14.8. The molecule has 1 aromatic carbocycles. The van der Waals surface area contributed by atoms with Gasteiger partial charge in [-0.05, 0) is 12.5 Å². The maximum absolute atomic E-state index is 11.0. The number of piperazine rings is 1. The van der Waals surface area contributed by atoms with Gasteiger partial charge in [-0.2, -0.15) is 0 Å². The van der Waals surface area contributed by atoms with Gasteiger partial charge in [0.05, 0.1) is 0 Å². The maximum Gasteiger partial charge on any atom is 0.407 e. The summed E-state index contributed by atoms with van der Waals surface area (Å²) in [5.74, 6) is 0. The zero-order valence-corrected chi connectivity index (χ0v) is 11.2. The molecule has 2 rings (SSSR count). The fourth-order valence-corrected chi connectivity index (χ4v) is 2.39. The lowest BCUT2D eigenvalue weighted by Gasteiger charge is -2.37. The van der Waals surface area contributed by atoms with Crippen LogP contribution in [-0.4, -0.2) is 53.2 Å². The van der Waals surface area contributed by atoms with Crippen molar-refractivity contribution < 1.29 is 9.90 Å². The fraction of sp³-hybridized carbons (Fsp3) is 0.400. The zero-order valence-electron chi connectivity index (χ0n) is 11.2. The molecule has 1 aromatic rings. The molecule has 1 unspecified atom stereocenters. The van der Waals surface area contributed by atoms with Crippen LogP contribution in [0.25, 0.3) is 6.08 Å². The van der Waals surface area contributed by atoms with Gasteiger partial charge in [-0.1, -0.05) is 42.5 Å². The number of rotatable bonds is 3. The normalized spacial score (nSPS) is 20.9. The Balaban J connectivity index is 1.82. The number of carboxylic acid groups (broad SMARTS) is 1. The van der Waals surface area contributed by atoms with E-state index in [4.69, 9.17) is 5.11 Å². The average Bonchev–Trinajstić information content (AvgIpc) is 2.39. The Morgan fingerprint density at radius 2 is 2.11 bits per heavy atom. The summed E-state index contributed by atoms with van der Waals surface area (Å²) < 4.78 is 0. The van der Waals surface area contributed by atoms with Crippen LogP contribution in [0.4, 0.5) is 4.79 Å². The Morgan fingerprint density at radius 3 is 2.74 bits per heavy atom. The fourth-order valence-electron chi connectivity index (χ4n) is 2.39. The van der Waals surface area contributed by atoms with Gasteiger partial charge < -0.3 is 10.0 Å². The molecule has 4 heteroatoms. The number of carbonyl (C=O) groups is 1. The predicted molar refractivity (Wildman–Crippen MR) is 76.1 cm³/mol. The minimum Gasteiger partial charge on any atom is -0.465 e. The van der Waals surface area contributed by atoms with Crippen molar-refractivity contribution in [3.05, 3.63) is 42.0 Å². The summed E-state index contributed by atoms with van der Waals surface area (Å²) in [6.45, 7) is 5.02. The van der Waals surface area contributed by atoms with Gasteiger partial charge in [0.15, 0.2) is 0 Å². The number of hydrogen-bond acceptors (Lipinski definition) is 2. The monoisotopic (exact) mass is 260 g/mol. The average molecular weight is 260 g/mol. The molecule has 0 aliphatic carbocycles. The molecule has 1 aliphatic rings. The molecule has 0 spiro atoms. The van der Waals surface area contributed by atoms with Gasteiger partial charge in [0.2, 0.25) is 0 Å². The molecule has 1 heterocycles. The van der Waals surface area contributed by atoms with Crippen LogP contribution in [0.15, 0.2) is 36.4 Å². The summed E-state index contributed by atoms with van der Waals surface area (Å²) in [5, 5.41) is 9.01. The first-order chi connectivity index (χ1) is 9.16. The molecule has 1 saturated heterocycles. The zero-order chi connectivity index (χ0) is 13.7. The second-order valence-corrected chi connectivity index (χ2v) is 4.90. The number of hydrogen-bond donors (Lipinski definition) is 1. The summed E-state index contributed by atoms with van der Waals surface area (Å²) in [5.41, 5.74) is 1.19. The molecule has 1 atom stereocenters. The van der Waals surface area contributed by atoms with Crippen LogP contribution in [0.3, 0.4) is 0 Å². The molecule has 0 radical (unpaired) electrons. The third-order valence-electron chi connectivity index (χ3n) is 3.43. The molecular weight excluding hydrogens is 240 g/mol. The summed E-state index contributed by atoms with van der Waals surface area (Å²) in [7, 11) is 0. The highest BCUT2D eigenvalue weighted by Crippen LogP contribution is 2.10. The quantitative estimate of drug-likeness (QED) is 0.907. The molecule has 1 aliphatic heterocycles. The SMILES string of the molecule is CC1CN(CC=Cc2ccccc2)CCN1C(=O)O. The predicted octanol–water partition coefficient (Wildman–Crippen LogP) is 2.38. The van der Waals surface area contributed by atoms with Gasteiger partial charge in [-0.15, -0.1) is 0 Å². The van der Waals surface area contributed by atoms with Crippen LogP contribution in [0.1, 0.15) is 12.5 Å². The Labute approximate surface area is 113 Å². The lowest BCUT2D eigenvalue weighted by atomic mass is 10.2. The van der Waals surface area contributed by atoms with Crippen molar-refractivity contribution in [2.45, 2.75) is 13.0 Å². The smallest absolute Gasteiger partial charge is 0.407 e. The van der Waals surface area contributed by atoms with Crippen LogP contribution in [-0.2, 0) is 0 Å². The van der Waals surface area contributed by atoms with E-state index in [1.165, 1.54) is 10.5 Å². The van der Waals surface area contributed by atoms with Crippen molar-refractivity contribution in [1.82, 2.24) is 9.80 Å². The molecule has 4 nitrogen and oxygen atoms in total. The molecule has 1 amide bonds. The van der Waals surface area contributed by atoms with E-state index in [2.05, 4.69) is 29.2 Å². The minimum atomic E-state index is -0.813. The van der Waals surface area contributed by atoms with Crippen LogP contribution in [0, 0.1) is 0 Å². The third kappa shape index (κ3) is 3.83. The Bertz CT molecular complexity index is 445. The molecule has 0 aromatic heterocycles. The largest absolute Gasteiger partial charge is 0.465 e. The van der Waals surface area contributed by atoms with E-state index in [1.807, 2.05) is 25.1 Å². The van der Waals surface area contributed by atoms with E-state index in [1.54, 1.807) is 0 Å². The second kappa shape index (κ2) is 6.38. The van der Waals surface area contributed by atoms with Crippen LogP contribution in [0.2, 0.25) is 0 Å². The molecule has 1 N–H and O–H groups in total. The summed E-state index contributed by atoms with van der Waals surface area (Å²) in [6, 6.07) is 10.3. The van der Waals surface area contributed by atoms with Crippen molar-refractivity contribution >= 4 is 12.2 Å². The van der Waals surface area contributed by atoms with Crippen molar-refractivity contribution in [2.75, 3.05) is 26.2 Å². The molecule has 0 saturated carbocycles. The van der Waals surface area contributed by atoms with E-state index in [0.717, 1.165) is 19.6 Å². The minimum absolute atomic E-state index is 0.0661. The van der Waals surface area contributed by atoms with E-state index >= 15 is 0 Å². The van der Waals surface area contributed by atoms with Crippen LogP contribution in [0.5, 0.6) is 0 Å². The lowest BCUT2D eigenvalue weighted by molar-refractivity contribution is 0.0790. The first-order valence-electron chi connectivity index (χ1n) is 6.60. The van der Waals surface area contributed by atoms with Gasteiger partial charge in [0.25, 0.3) is 0 Å². The summed E-state index contributed by atoms with van der Waals surface area (Å²) >= 11 is 0. The third-order valence-corrected chi connectivity index (χ3v) is 3.43. The first kappa shape index (κ1) is 13.6. The van der Waals surface area contributed by atoms with E-state index < -0.39 is 6.09 Å². The van der Waals surface area contributed by atoms with Crippen LogP contribution >= 0.6 is 0 Å². The number of nitrogens with zero attached hydrogens (tertiary/aromatic N) is 2. The Morgan fingerprint density at radius 1 is 1.37 bits per heavy atom. The molecule has 1 fully saturated rings. The molecule has 0 bridgehead atoms. The van der Waals surface area contributed by atoms with Crippen molar-refractivity contribution in [2.24, 2.45) is 0 Å². The Hall–Kier alpha value is -1.81. The second-order valence-electron chi connectivity index (χ2n) is 4.90. The topological polar surface area (TPSA) is 43.8 Å². The number of benzene rings is 1. The molecule has 102 valence electrons. The van der Waals surface area contributed by atoms with Crippen LogP contribution < -0.4 is 0 Å². The van der Waals surface area contributed by atoms with Crippen molar-refractivity contribution in [3.63, 3.8) is 0 Å². The highest BCUT2D eigenvalue weighted by molar-refractivity contribution is 5.65. The highest BCUT2D eigenvalue weighted by atomic mass is 16.4. The highest BCUT2D eigenvalue weighted by Gasteiger charge is 2.26. The standard InChI is InChI=1S/C15H20N2O2/c1-13-12-16(10-11-17(13)15(18)19)9-5-8-14-6-3-2-4-7-14/h2-8,13H,9-12H2,1H3,(H,18,19). The summed E-state index contributed by atoms with van der Waals surface area (Å²) in [6.07, 6.45) is 3.43. The molecule has 19 heavy (non-hydrogen) atoms. The van der Waals surface area contributed by atoms with Gasteiger partial charge in [-0.25, -0.2) is 4.79 Å². The number of amides is 1. The van der Waals surface area contributed by atoms with Gasteiger partial charge in [0.1, 0.15) is 0 Å². The Kier molecular flexibility index (Phi) is 4.58. The van der Waals surface area contributed by atoms with E-state index in [0.29, 0.717) is 6.54 Å². The van der Waals surface area contributed by atoms with Gasteiger partial charge in [-0.3, -0.25) is 4.90 Å². The van der Waals surface area contributed by atoms with Crippen molar-refractivity contribution in [3.8, 4) is 0 Å². The van der Waals surface area contributed by atoms with Gasteiger partial charge >= 0.3 is 6.09 Å². The van der Waals surface area contributed by atoms with E-state index in [9.17, 15) is 4.79 Å². The maximum atomic E-state index is 11.0. The van der Waals surface area contributed by atoms with E-state index in [-0.39, 0.29) is 6.04 Å². The molecular formula is C15H20N2O2. The lowest BCUT2D eigenvalue weighted by Crippen LogP contribution is -2.53. The van der Waals surface area contributed by atoms with Gasteiger partial charge in [0, 0.05) is 32.2 Å². The van der Waals surface area contributed by atoms with Crippen molar-refractivity contribution in [1.29, 1.82) is 0 Å². The first-order valence-corrected chi connectivity index (χ1v) is 6.60.